The monoisotopic (exact) mass is 524 g/mol. The highest BCUT2D eigenvalue weighted by atomic mass is 32.2. The lowest BCUT2D eigenvalue weighted by molar-refractivity contribution is -0.386. The van der Waals surface area contributed by atoms with Gasteiger partial charge in [0.2, 0.25) is 5.91 Å². The third-order valence-electron chi connectivity index (χ3n) is 4.94. The maximum absolute atomic E-state index is 13.0. The predicted molar refractivity (Wildman–Crippen MR) is 132 cm³/mol. The van der Waals surface area contributed by atoms with E-state index in [0.717, 1.165) is 4.90 Å². The number of hydrogen-bond acceptors (Lipinski definition) is 9. The molecule has 1 saturated heterocycles. The number of aromatic nitrogens is 1. The fraction of sp³-hybridized carbons (Fsp3) is 0.0833. The second-order valence-electron chi connectivity index (χ2n) is 7.42. The molecule has 0 saturated carbocycles. The zero-order chi connectivity index (χ0) is 26.5. The smallest absolute Gasteiger partial charge is 0.331 e. The van der Waals surface area contributed by atoms with Crippen molar-refractivity contribution in [2.75, 3.05) is 19.0 Å². The van der Waals surface area contributed by atoms with E-state index >= 15 is 0 Å². The van der Waals surface area contributed by atoms with Crippen LogP contribution in [0.3, 0.4) is 0 Å². The molecule has 3 amide bonds. The highest BCUT2D eigenvalue weighted by Gasteiger charge is 2.36. The molecule has 0 aliphatic carbocycles. The summed E-state index contributed by atoms with van der Waals surface area (Å²) in [6.45, 7) is -0.516. The molecule has 1 N–H and O–H groups in total. The van der Waals surface area contributed by atoms with Gasteiger partial charge in [-0.3, -0.25) is 29.4 Å². The molecule has 13 heteroatoms. The molecular weight excluding hydrogens is 507 g/mol. The van der Waals surface area contributed by atoms with Gasteiger partial charge in [-0.2, -0.15) is 0 Å². The maximum atomic E-state index is 13.0. The summed E-state index contributed by atoms with van der Waals surface area (Å²) in [7, 11) is 1.37. The van der Waals surface area contributed by atoms with Crippen LogP contribution in [0.25, 0.3) is 6.08 Å². The van der Waals surface area contributed by atoms with Crippen molar-refractivity contribution in [2.45, 2.75) is 0 Å². The zero-order valence-electron chi connectivity index (χ0n) is 19.0. The number of anilines is 1. The number of nitro groups is 1. The van der Waals surface area contributed by atoms with Crippen LogP contribution < -0.4 is 14.8 Å². The number of methoxy groups -OCH3 is 1. The number of amides is 3. The van der Waals surface area contributed by atoms with Gasteiger partial charge in [0.15, 0.2) is 11.5 Å². The van der Waals surface area contributed by atoms with Gasteiger partial charge in [-0.05, 0) is 65.9 Å². The third kappa shape index (κ3) is 5.90. The van der Waals surface area contributed by atoms with Gasteiger partial charge in [0.1, 0.15) is 12.4 Å². The number of pyridine rings is 1. The quantitative estimate of drug-likeness (QED) is 0.254. The van der Waals surface area contributed by atoms with Crippen molar-refractivity contribution in [1.82, 2.24) is 9.88 Å². The Hall–Kier alpha value is -4.78. The molecule has 1 aliphatic heterocycles. The zero-order valence-corrected chi connectivity index (χ0v) is 19.9. The molecule has 2 heterocycles. The minimum Gasteiger partial charge on any atom is -0.493 e. The van der Waals surface area contributed by atoms with Crippen molar-refractivity contribution in [3.63, 3.8) is 0 Å². The van der Waals surface area contributed by atoms with Gasteiger partial charge in [0.05, 0.1) is 16.9 Å². The van der Waals surface area contributed by atoms with E-state index < -0.39 is 34.3 Å². The standard InChI is InChI=1S/C24H17FN4O7S/c1-35-19-11-14(4-9-18(19)36-22-17(29(33)34)3-2-10-26-22)12-20-23(31)28(24(32)37-20)13-21(30)27-16-7-5-15(25)6-8-16/h2-12H,13H2,1H3,(H,27,30)/b20-12-. The molecule has 1 aromatic heterocycles. The van der Waals surface area contributed by atoms with Crippen LogP contribution in [0.5, 0.6) is 17.4 Å². The molecule has 3 aromatic rings. The van der Waals surface area contributed by atoms with Crippen LogP contribution in [-0.2, 0) is 9.59 Å². The number of nitrogens with zero attached hydrogens (tertiary/aromatic N) is 3. The van der Waals surface area contributed by atoms with E-state index in [9.17, 15) is 28.9 Å². The maximum Gasteiger partial charge on any atom is 0.331 e. The summed E-state index contributed by atoms with van der Waals surface area (Å²) in [6.07, 6.45) is 2.79. The summed E-state index contributed by atoms with van der Waals surface area (Å²) in [5.41, 5.74) is 0.464. The lowest BCUT2D eigenvalue weighted by Gasteiger charge is -2.12. The minimum absolute atomic E-state index is 0.0793. The number of imide groups is 1. The normalized spacial score (nSPS) is 14.1. The molecule has 188 valence electrons. The summed E-state index contributed by atoms with van der Waals surface area (Å²) in [5.74, 6) is -1.63. The van der Waals surface area contributed by atoms with E-state index in [-0.39, 0.29) is 28.0 Å². The van der Waals surface area contributed by atoms with Crippen LogP contribution in [-0.4, -0.2) is 45.5 Å². The number of ether oxygens (including phenoxy) is 2. The van der Waals surface area contributed by atoms with E-state index in [2.05, 4.69) is 10.3 Å². The van der Waals surface area contributed by atoms with Gasteiger partial charge in [-0.15, -0.1) is 0 Å². The van der Waals surface area contributed by atoms with Crippen molar-refractivity contribution >= 4 is 46.3 Å². The number of halogens is 1. The lowest BCUT2D eigenvalue weighted by Crippen LogP contribution is -2.36. The average Bonchev–Trinajstić information content (AvgIpc) is 3.13. The molecule has 0 bridgehead atoms. The molecule has 2 aromatic carbocycles. The van der Waals surface area contributed by atoms with Crippen LogP contribution in [0.15, 0.2) is 65.7 Å². The summed E-state index contributed by atoms with van der Waals surface area (Å²) < 4.78 is 23.9. The van der Waals surface area contributed by atoms with Gasteiger partial charge < -0.3 is 14.8 Å². The molecular formula is C24H17FN4O7S. The Balaban J connectivity index is 1.48. The Morgan fingerprint density at radius 2 is 1.95 bits per heavy atom. The molecule has 0 spiro atoms. The Labute approximate surface area is 213 Å². The molecule has 0 atom stereocenters. The molecule has 1 aliphatic rings. The largest absolute Gasteiger partial charge is 0.493 e. The number of carbonyl (C=O) groups is 3. The van der Waals surface area contributed by atoms with E-state index in [1.807, 2.05) is 0 Å². The first-order valence-electron chi connectivity index (χ1n) is 10.5. The first-order valence-corrected chi connectivity index (χ1v) is 11.3. The minimum atomic E-state index is -0.660. The third-order valence-corrected chi connectivity index (χ3v) is 5.85. The number of thioether (sulfide) groups is 1. The van der Waals surface area contributed by atoms with Crippen LogP contribution >= 0.6 is 11.8 Å². The Kier molecular flexibility index (Phi) is 7.44. The van der Waals surface area contributed by atoms with Crippen molar-refractivity contribution in [3.8, 4) is 17.4 Å². The predicted octanol–water partition coefficient (Wildman–Crippen LogP) is 4.60. The summed E-state index contributed by atoms with van der Waals surface area (Å²) in [5, 5.41) is 13.1. The van der Waals surface area contributed by atoms with Gasteiger partial charge in [0.25, 0.3) is 17.0 Å². The van der Waals surface area contributed by atoms with Crippen LogP contribution in [0, 0.1) is 15.9 Å². The molecule has 11 nitrogen and oxygen atoms in total. The van der Waals surface area contributed by atoms with E-state index in [4.69, 9.17) is 9.47 Å². The lowest BCUT2D eigenvalue weighted by atomic mass is 10.2. The first-order chi connectivity index (χ1) is 17.7. The number of benzene rings is 2. The number of nitrogens with one attached hydrogen (secondary N) is 1. The fourth-order valence-corrected chi connectivity index (χ4v) is 4.07. The fourth-order valence-electron chi connectivity index (χ4n) is 3.23. The molecule has 1 fully saturated rings. The van der Waals surface area contributed by atoms with Crippen molar-refractivity contribution in [1.29, 1.82) is 0 Å². The van der Waals surface area contributed by atoms with Gasteiger partial charge in [-0.25, -0.2) is 9.37 Å². The van der Waals surface area contributed by atoms with E-state index in [1.165, 1.54) is 67.9 Å². The Bertz CT molecular complexity index is 1430. The van der Waals surface area contributed by atoms with Crippen molar-refractivity contribution in [2.24, 2.45) is 0 Å². The topological polar surface area (TPSA) is 141 Å². The molecule has 0 radical (unpaired) electrons. The van der Waals surface area contributed by atoms with E-state index in [0.29, 0.717) is 23.0 Å². The van der Waals surface area contributed by atoms with Gasteiger partial charge >= 0.3 is 5.69 Å². The Morgan fingerprint density at radius 3 is 2.65 bits per heavy atom. The number of hydrogen-bond donors (Lipinski definition) is 1. The average molecular weight is 524 g/mol. The van der Waals surface area contributed by atoms with Crippen molar-refractivity contribution in [3.05, 3.63) is 87.2 Å². The second-order valence-corrected chi connectivity index (χ2v) is 8.41. The van der Waals surface area contributed by atoms with Crippen LogP contribution in [0.2, 0.25) is 0 Å². The SMILES string of the molecule is COc1cc(/C=C2\SC(=O)N(CC(=O)Nc3ccc(F)cc3)C2=O)ccc1Oc1ncccc1[N+](=O)[O-]. The van der Waals surface area contributed by atoms with Crippen LogP contribution in [0.4, 0.5) is 20.6 Å². The summed E-state index contributed by atoms with van der Waals surface area (Å²) >= 11 is 0.664. The van der Waals surface area contributed by atoms with E-state index in [1.54, 1.807) is 6.07 Å². The van der Waals surface area contributed by atoms with Gasteiger partial charge in [0, 0.05) is 18.0 Å². The molecule has 4 rings (SSSR count). The Morgan fingerprint density at radius 1 is 1.19 bits per heavy atom. The van der Waals surface area contributed by atoms with Gasteiger partial charge in [-0.1, -0.05) is 6.07 Å². The highest BCUT2D eigenvalue weighted by molar-refractivity contribution is 8.18. The number of rotatable bonds is 8. The molecule has 37 heavy (non-hydrogen) atoms. The molecule has 0 unspecified atom stereocenters. The number of carbonyl (C=O) groups excluding carboxylic acids is 3. The first kappa shape index (κ1) is 25.3. The summed E-state index contributed by atoms with van der Waals surface area (Å²) in [4.78, 5) is 52.8. The second kappa shape index (κ2) is 10.9. The highest BCUT2D eigenvalue weighted by Crippen LogP contribution is 2.37. The van der Waals surface area contributed by atoms with Crippen molar-refractivity contribution < 1.29 is 33.2 Å². The van der Waals surface area contributed by atoms with Crippen LogP contribution in [0.1, 0.15) is 5.56 Å². The summed E-state index contributed by atoms with van der Waals surface area (Å²) in [6, 6.07) is 12.2.